The van der Waals surface area contributed by atoms with Crippen LogP contribution >= 0.6 is 27.3 Å². The van der Waals surface area contributed by atoms with Crippen LogP contribution in [0, 0.1) is 5.82 Å². The minimum Gasteiger partial charge on any atom is -0.359 e. The number of nitrogens with one attached hydrogen (secondary N) is 1. The van der Waals surface area contributed by atoms with Crippen LogP contribution in [0.25, 0.3) is 21.8 Å². The molecule has 25 heavy (non-hydrogen) atoms. The summed E-state index contributed by atoms with van der Waals surface area (Å²) in [7, 11) is 0. The summed E-state index contributed by atoms with van der Waals surface area (Å²) in [4.78, 5) is 16.5. The largest absolute Gasteiger partial charge is 0.359 e. The van der Waals surface area contributed by atoms with Gasteiger partial charge < -0.3 is 9.84 Å². The van der Waals surface area contributed by atoms with Crippen molar-refractivity contribution in [3.63, 3.8) is 0 Å². The van der Waals surface area contributed by atoms with Crippen LogP contribution in [0.4, 0.5) is 4.39 Å². The Morgan fingerprint density at radius 1 is 1.36 bits per heavy atom. The predicted octanol–water partition coefficient (Wildman–Crippen LogP) is 4.64. The summed E-state index contributed by atoms with van der Waals surface area (Å²) in [5, 5.41) is 9.71. The van der Waals surface area contributed by atoms with Gasteiger partial charge in [0.2, 0.25) is 0 Å². The lowest BCUT2D eigenvalue weighted by atomic mass is 10.1. The third-order valence-electron chi connectivity index (χ3n) is 3.49. The van der Waals surface area contributed by atoms with Gasteiger partial charge in [-0.1, -0.05) is 28.0 Å². The standard InChI is InChI=1S/C17H15BrFN3O2S/c1-2-7-20-16(23)12-9-25-17(21-12)14-13(8-18)24-22-15(14)10-3-5-11(19)6-4-10/h3-6,9H,2,7-8H2,1H3,(H,20,23). The van der Waals surface area contributed by atoms with Crippen LogP contribution in [-0.4, -0.2) is 22.6 Å². The summed E-state index contributed by atoms with van der Waals surface area (Å²) in [6.07, 6.45) is 0.858. The Kier molecular flexibility index (Phi) is 5.60. The van der Waals surface area contributed by atoms with E-state index in [4.69, 9.17) is 4.52 Å². The van der Waals surface area contributed by atoms with Crippen LogP contribution in [-0.2, 0) is 5.33 Å². The molecule has 0 spiro atoms. The van der Waals surface area contributed by atoms with Crippen molar-refractivity contribution < 1.29 is 13.7 Å². The molecule has 0 radical (unpaired) electrons. The second-order valence-corrected chi connectivity index (χ2v) is 6.68. The SMILES string of the molecule is CCCNC(=O)c1csc(-c2c(-c3ccc(F)cc3)noc2CBr)n1. The first kappa shape index (κ1) is 17.8. The van der Waals surface area contributed by atoms with Crippen molar-refractivity contribution in [1.29, 1.82) is 0 Å². The highest BCUT2D eigenvalue weighted by Gasteiger charge is 2.22. The van der Waals surface area contributed by atoms with E-state index in [2.05, 4.69) is 31.4 Å². The molecule has 0 saturated carbocycles. The van der Waals surface area contributed by atoms with Gasteiger partial charge in [0.25, 0.3) is 5.91 Å². The van der Waals surface area contributed by atoms with Gasteiger partial charge >= 0.3 is 0 Å². The van der Waals surface area contributed by atoms with Crippen LogP contribution in [0.3, 0.4) is 0 Å². The zero-order chi connectivity index (χ0) is 17.8. The van der Waals surface area contributed by atoms with E-state index in [1.54, 1.807) is 17.5 Å². The number of amides is 1. The first-order chi connectivity index (χ1) is 12.1. The Hall–Kier alpha value is -2.06. The van der Waals surface area contributed by atoms with E-state index in [9.17, 15) is 9.18 Å². The number of alkyl halides is 1. The molecule has 2 heterocycles. The summed E-state index contributed by atoms with van der Waals surface area (Å²) >= 11 is 4.72. The average Bonchev–Trinajstić information content (AvgIpc) is 3.26. The molecule has 0 unspecified atom stereocenters. The van der Waals surface area contributed by atoms with E-state index < -0.39 is 0 Å². The predicted molar refractivity (Wildman–Crippen MR) is 98.3 cm³/mol. The maximum Gasteiger partial charge on any atom is 0.270 e. The van der Waals surface area contributed by atoms with E-state index >= 15 is 0 Å². The van der Waals surface area contributed by atoms with Gasteiger partial charge in [0, 0.05) is 17.5 Å². The molecular formula is C17H15BrFN3O2S. The van der Waals surface area contributed by atoms with Gasteiger partial charge in [-0.05, 0) is 30.7 Å². The maximum absolute atomic E-state index is 13.2. The van der Waals surface area contributed by atoms with E-state index in [1.165, 1.54) is 23.5 Å². The molecule has 0 aliphatic carbocycles. The van der Waals surface area contributed by atoms with Gasteiger partial charge in [-0.25, -0.2) is 9.37 Å². The number of rotatable bonds is 6. The quantitative estimate of drug-likeness (QED) is 0.586. The fourth-order valence-electron chi connectivity index (χ4n) is 2.26. The molecule has 0 aliphatic rings. The van der Waals surface area contributed by atoms with E-state index in [1.807, 2.05) is 6.92 Å². The number of carbonyl (C=O) groups excluding carboxylic acids is 1. The average molecular weight is 424 g/mol. The van der Waals surface area contributed by atoms with Crippen molar-refractivity contribution >= 4 is 33.2 Å². The molecule has 5 nitrogen and oxygen atoms in total. The van der Waals surface area contributed by atoms with Gasteiger partial charge in [-0.2, -0.15) is 0 Å². The molecule has 3 aromatic rings. The Balaban J connectivity index is 1.99. The lowest BCUT2D eigenvalue weighted by Crippen LogP contribution is -2.24. The zero-order valence-electron chi connectivity index (χ0n) is 13.4. The second kappa shape index (κ2) is 7.88. The summed E-state index contributed by atoms with van der Waals surface area (Å²) in [6.45, 7) is 2.59. The number of benzene rings is 1. The summed E-state index contributed by atoms with van der Waals surface area (Å²) in [6, 6.07) is 6.01. The molecular weight excluding hydrogens is 409 g/mol. The molecule has 3 rings (SSSR count). The van der Waals surface area contributed by atoms with Crippen molar-refractivity contribution in [3.8, 4) is 21.8 Å². The van der Waals surface area contributed by atoms with Crippen molar-refractivity contribution in [2.24, 2.45) is 0 Å². The summed E-state index contributed by atoms with van der Waals surface area (Å²) in [5.74, 6) is 0.0809. The smallest absolute Gasteiger partial charge is 0.270 e. The summed E-state index contributed by atoms with van der Waals surface area (Å²) < 4.78 is 18.6. The normalized spacial score (nSPS) is 10.8. The van der Waals surface area contributed by atoms with Crippen molar-refractivity contribution in [2.75, 3.05) is 6.54 Å². The maximum atomic E-state index is 13.2. The number of carbonyl (C=O) groups is 1. The molecule has 0 atom stereocenters. The highest BCUT2D eigenvalue weighted by Crippen LogP contribution is 2.37. The number of halogens is 2. The van der Waals surface area contributed by atoms with Gasteiger partial charge in [0.1, 0.15) is 22.2 Å². The van der Waals surface area contributed by atoms with Crippen LogP contribution in [0.15, 0.2) is 34.2 Å². The van der Waals surface area contributed by atoms with E-state index in [0.29, 0.717) is 39.6 Å². The monoisotopic (exact) mass is 423 g/mol. The van der Waals surface area contributed by atoms with E-state index in [-0.39, 0.29) is 11.7 Å². The lowest BCUT2D eigenvalue weighted by Gasteiger charge is -2.01. The number of hydrogen-bond donors (Lipinski definition) is 1. The molecule has 2 aromatic heterocycles. The van der Waals surface area contributed by atoms with Gasteiger partial charge in [0.15, 0.2) is 5.76 Å². The Bertz CT molecular complexity index is 876. The van der Waals surface area contributed by atoms with Gasteiger partial charge in [0.05, 0.1) is 10.9 Å². The second-order valence-electron chi connectivity index (χ2n) is 5.26. The molecule has 0 bridgehead atoms. The van der Waals surface area contributed by atoms with Gasteiger partial charge in [-0.15, -0.1) is 11.3 Å². The number of aromatic nitrogens is 2. The fraction of sp³-hybridized carbons (Fsp3) is 0.235. The fourth-order valence-corrected chi connectivity index (χ4v) is 3.51. The lowest BCUT2D eigenvalue weighted by molar-refractivity contribution is 0.0949. The number of hydrogen-bond acceptors (Lipinski definition) is 5. The molecule has 0 saturated heterocycles. The molecule has 1 N–H and O–H groups in total. The van der Waals surface area contributed by atoms with Crippen molar-refractivity contribution in [1.82, 2.24) is 15.5 Å². The molecule has 8 heteroatoms. The number of nitrogens with zero attached hydrogens (tertiary/aromatic N) is 2. The van der Waals surface area contributed by atoms with Crippen molar-refractivity contribution in [2.45, 2.75) is 18.7 Å². The highest BCUT2D eigenvalue weighted by atomic mass is 79.9. The van der Waals surface area contributed by atoms with Gasteiger partial charge in [-0.3, -0.25) is 4.79 Å². The van der Waals surface area contributed by atoms with Crippen LogP contribution in [0.2, 0.25) is 0 Å². The van der Waals surface area contributed by atoms with Crippen LogP contribution < -0.4 is 5.32 Å². The Labute approximate surface area is 156 Å². The third-order valence-corrected chi connectivity index (χ3v) is 4.86. The molecule has 1 amide bonds. The highest BCUT2D eigenvalue weighted by molar-refractivity contribution is 9.08. The first-order valence-electron chi connectivity index (χ1n) is 7.68. The summed E-state index contributed by atoms with van der Waals surface area (Å²) in [5.41, 5.74) is 2.37. The molecule has 0 aliphatic heterocycles. The third kappa shape index (κ3) is 3.80. The number of thiazole rings is 1. The topological polar surface area (TPSA) is 68.0 Å². The first-order valence-corrected chi connectivity index (χ1v) is 9.68. The molecule has 0 fully saturated rings. The molecule has 130 valence electrons. The van der Waals surface area contributed by atoms with Crippen LogP contribution in [0.5, 0.6) is 0 Å². The molecule has 1 aromatic carbocycles. The Morgan fingerprint density at radius 3 is 2.80 bits per heavy atom. The minimum atomic E-state index is -0.321. The van der Waals surface area contributed by atoms with Crippen LogP contribution in [0.1, 0.15) is 29.6 Å². The zero-order valence-corrected chi connectivity index (χ0v) is 15.8. The van der Waals surface area contributed by atoms with Crippen molar-refractivity contribution in [3.05, 3.63) is 46.9 Å². The minimum absolute atomic E-state index is 0.204. The Morgan fingerprint density at radius 2 is 2.12 bits per heavy atom. The van der Waals surface area contributed by atoms with E-state index in [0.717, 1.165) is 12.0 Å².